The number of halogens is 1. The Morgan fingerprint density at radius 2 is 1.18 bits per heavy atom. The average Bonchev–Trinajstić information content (AvgIpc) is 3.08. The van der Waals surface area contributed by atoms with Gasteiger partial charge in [0.05, 0.1) is 12.6 Å². The fourth-order valence-electron chi connectivity index (χ4n) is 5.74. The lowest BCUT2D eigenvalue weighted by atomic mass is 9.89. The van der Waals surface area contributed by atoms with Gasteiger partial charge in [0.15, 0.2) is 0 Å². The van der Waals surface area contributed by atoms with Gasteiger partial charge < -0.3 is 25.1 Å². The lowest BCUT2D eigenvalue weighted by Gasteiger charge is -2.26. The van der Waals surface area contributed by atoms with Gasteiger partial charge in [0.25, 0.3) is 0 Å². The highest BCUT2D eigenvalue weighted by Gasteiger charge is 2.19. The SMILES string of the molecule is Cc1cc(N(C)C)ccc1/C=C/Br.Cc1cc(N(C)C)ccc1/C=C/C1NCCc2cc(C)c(CO)cc21.Cc1cc(N(C)C)ccc1C=O. The third kappa shape index (κ3) is 11.2. The molecule has 1 aliphatic heterocycles. The molecule has 2 N–H and O–H groups in total. The molecule has 0 amide bonds. The zero-order chi connectivity index (χ0) is 37.0. The van der Waals surface area contributed by atoms with Crippen LogP contribution in [0, 0.1) is 27.7 Å². The number of nitrogens with one attached hydrogen (secondary N) is 1. The van der Waals surface area contributed by atoms with Crippen LogP contribution >= 0.6 is 15.9 Å². The molecular weight excluding hydrogens is 684 g/mol. The molecule has 0 saturated carbocycles. The molecule has 0 aliphatic carbocycles. The Kier molecular flexibility index (Phi) is 15.5. The molecule has 266 valence electrons. The predicted octanol–water partition coefficient (Wildman–Crippen LogP) is 9.06. The van der Waals surface area contributed by atoms with Crippen LogP contribution in [0.3, 0.4) is 0 Å². The van der Waals surface area contributed by atoms with E-state index in [0.29, 0.717) is 0 Å². The molecule has 5 rings (SSSR count). The highest BCUT2D eigenvalue weighted by atomic mass is 79.9. The molecular formula is C43H55BrN4O2. The van der Waals surface area contributed by atoms with Gasteiger partial charge in [0, 0.05) is 71.5 Å². The van der Waals surface area contributed by atoms with Gasteiger partial charge in [-0.2, -0.15) is 0 Å². The largest absolute Gasteiger partial charge is 0.392 e. The van der Waals surface area contributed by atoms with Crippen molar-refractivity contribution in [2.24, 2.45) is 0 Å². The Morgan fingerprint density at radius 3 is 1.60 bits per heavy atom. The van der Waals surface area contributed by atoms with Crippen molar-refractivity contribution in [3.8, 4) is 0 Å². The first-order valence-corrected chi connectivity index (χ1v) is 17.9. The molecule has 1 unspecified atom stereocenters. The summed E-state index contributed by atoms with van der Waals surface area (Å²) in [5.41, 5.74) is 15.3. The smallest absolute Gasteiger partial charge is 0.150 e. The second-order valence-electron chi connectivity index (χ2n) is 13.4. The third-order valence-corrected chi connectivity index (χ3v) is 9.27. The van der Waals surface area contributed by atoms with E-state index in [1.54, 1.807) is 0 Å². The van der Waals surface area contributed by atoms with Crippen LogP contribution in [-0.4, -0.2) is 60.2 Å². The number of hydrogen-bond acceptors (Lipinski definition) is 6. The number of hydrogen-bond donors (Lipinski definition) is 2. The fraction of sp³-hybridized carbons (Fsp3) is 0.326. The molecule has 4 aromatic carbocycles. The Morgan fingerprint density at radius 1 is 0.700 bits per heavy atom. The molecule has 6 nitrogen and oxygen atoms in total. The normalized spacial score (nSPS) is 13.6. The maximum atomic E-state index is 10.5. The number of rotatable bonds is 8. The molecule has 0 fully saturated rings. The molecule has 4 aromatic rings. The number of aliphatic hydroxyl groups is 1. The summed E-state index contributed by atoms with van der Waals surface area (Å²) in [4.78, 5) is 18.6. The summed E-state index contributed by atoms with van der Waals surface area (Å²) in [7, 11) is 12.2. The van der Waals surface area contributed by atoms with E-state index in [4.69, 9.17) is 0 Å². The molecule has 0 spiro atoms. The van der Waals surface area contributed by atoms with Crippen molar-refractivity contribution in [1.82, 2.24) is 5.32 Å². The average molecular weight is 740 g/mol. The van der Waals surface area contributed by atoms with Gasteiger partial charge in [-0.15, -0.1) is 0 Å². The number of anilines is 3. The molecule has 1 aliphatic rings. The maximum absolute atomic E-state index is 10.5. The summed E-state index contributed by atoms with van der Waals surface area (Å²) in [5, 5.41) is 13.2. The van der Waals surface area contributed by atoms with Crippen LogP contribution < -0.4 is 20.0 Å². The van der Waals surface area contributed by atoms with Crippen molar-refractivity contribution in [2.75, 3.05) is 63.5 Å². The quantitative estimate of drug-likeness (QED) is 0.176. The summed E-state index contributed by atoms with van der Waals surface area (Å²) >= 11 is 3.28. The van der Waals surface area contributed by atoms with Crippen LogP contribution in [-0.2, 0) is 13.0 Å². The van der Waals surface area contributed by atoms with E-state index < -0.39 is 0 Å². The van der Waals surface area contributed by atoms with Crippen LogP contribution in [0.25, 0.3) is 12.2 Å². The monoisotopic (exact) mass is 738 g/mol. The van der Waals surface area contributed by atoms with Gasteiger partial charge in [0.1, 0.15) is 6.29 Å². The Balaban J connectivity index is 0.000000227. The molecule has 0 radical (unpaired) electrons. The standard InChI is InChI=1S/C22H28N2O.C11H14BrN.C10H13NO/c1-15-11-18-9-10-23-22(21(18)13-19(15)14-25)8-6-17-5-7-20(24(3)4)12-16(17)2;1-9-8-11(13(2)3)5-4-10(9)6-7-12;1-8-6-10(11(2)3)5-4-9(8)7-12/h5-8,11-13,22-23,25H,9-10,14H2,1-4H3;4-8H,1-3H3;4-7H,1-3H3/b8-6+;7-6+;. The molecule has 50 heavy (non-hydrogen) atoms. The Bertz CT molecular complexity index is 1790. The number of carbonyl (C=O) groups excluding carboxylic acids is 1. The van der Waals surface area contributed by atoms with Gasteiger partial charge in [-0.25, -0.2) is 0 Å². The van der Waals surface area contributed by atoms with E-state index in [-0.39, 0.29) is 12.6 Å². The van der Waals surface area contributed by atoms with Crippen molar-refractivity contribution in [2.45, 2.75) is 46.8 Å². The second-order valence-corrected chi connectivity index (χ2v) is 13.9. The van der Waals surface area contributed by atoms with E-state index in [9.17, 15) is 9.90 Å². The molecule has 7 heteroatoms. The number of carbonyl (C=O) groups is 1. The van der Waals surface area contributed by atoms with Crippen LogP contribution in [0.1, 0.15) is 66.5 Å². The van der Waals surface area contributed by atoms with Gasteiger partial charge in [-0.05, 0) is 138 Å². The first-order valence-electron chi connectivity index (χ1n) is 17.0. The number of aryl methyl sites for hydroxylation is 4. The van der Waals surface area contributed by atoms with Crippen LogP contribution in [0.5, 0.6) is 0 Å². The second kappa shape index (κ2) is 19.3. The lowest BCUT2D eigenvalue weighted by Crippen LogP contribution is -2.28. The molecule has 1 heterocycles. The van der Waals surface area contributed by atoms with Crippen molar-refractivity contribution < 1.29 is 9.90 Å². The summed E-state index contributed by atoms with van der Waals surface area (Å²) in [5.74, 6) is 0. The van der Waals surface area contributed by atoms with Gasteiger partial charge in [-0.1, -0.05) is 52.3 Å². The van der Waals surface area contributed by atoms with E-state index in [1.807, 2.05) is 49.1 Å². The predicted molar refractivity (Wildman–Crippen MR) is 220 cm³/mol. The third-order valence-electron chi connectivity index (χ3n) is 9.01. The van der Waals surface area contributed by atoms with Gasteiger partial charge in [-0.3, -0.25) is 4.79 Å². The van der Waals surface area contributed by atoms with E-state index in [2.05, 4.69) is 147 Å². The number of aldehydes is 1. The summed E-state index contributed by atoms with van der Waals surface area (Å²) < 4.78 is 0. The minimum Gasteiger partial charge on any atom is -0.392 e. The summed E-state index contributed by atoms with van der Waals surface area (Å²) in [6.07, 6.45) is 8.43. The number of nitrogens with zero attached hydrogens (tertiary/aromatic N) is 3. The van der Waals surface area contributed by atoms with Gasteiger partial charge >= 0.3 is 0 Å². The first-order chi connectivity index (χ1) is 23.8. The van der Waals surface area contributed by atoms with E-state index in [1.165, 1.54) is 50.3 Å². The highest BCUT2D eigenvalue weighted by molar-refractivity contribution is 9.11. The fourth-order valence-corrected chi connectivity index (χ4v) is 6.02. The van der Waals surface area contributed by atoms with E-state index >= 15 is 0 Å². The zero-order valence-corrected chi connectivity index (χ0v) is 33.1. The lowest BCUT2D eigenvalue weighted by molar-refractivity contribution is 0.112. The number of benzene rings is 4. The van der Waals surface area contributed by atoms with Crippen molar-refractivity contribution in [3.05, 3.63) is 133 Å². The number of aliphatic hydroxyl groups excluding tert-OH is 1. The van der Waals surface area contributed by atoms with Crippen molar-refractivity contribution in [3.63, 3.8) is 0 Å². The van der Waals surface area contributed by atoms with Crippen LogP contribution in [0.15, 0.2) is 77.8 Å². The Hall–Kier alpha value is -4.17. The molecule has 0 aromatic heterocycles. The Labute approximate surface area is 309 Å². The maximum Gasteiger partial charge on any atom is 0.150 e. The topological polar surface area (TPSA) is 59.0 Å². The zero-order valence-electron chi connectivity index (χ0n) is 31.5. The highest BCUT2D eigenvalue weighted by Crippen LogP contribution is 2.29. The molecule has 0 bridgehead atoms. The van der Waals surface area contributed by atoms with Crippen LogP contribution in [0.2, 0.25) is 0 Å². The first kappa shape index (κ1) is 40.3. The number of fused-ring (bicyclic) bond motifs is 1. The molecule has 0 saturated heterocycles. The van der Waals surface area contributed by atoms with Crippen molar-refractivity contribution >= 4 is 51.4 Å². The summed E-state index contributed by atoms with van der Waals surface area (Å²) in [6.45, 7) is 9.38. The van der Waals surface area contributed by atoms with Gasteiger partial charge in [0.2, 0.25) is 0 Å². The summed E-state index contributed by atoms with van der Waals surface area (Å²) in [6, 6.07) is 23.4. The van der Waals surface area contributed by atoms with Crippen molar-refractivity contribution in [1.29, 1.82) is 0 Å². The van der Waals surface area contributed by atoms with Crippen LogP contribution in [0.4, 0.5) is 17.1 Å². The molecule has 1 atom stereocenters. The van der Waals surface area contributed by atoms with E-state index in [0.717, 1.165) is 41.6 Å². The minimum absolute atomic E-state index is 0.0979. The minimum atomic E-state index is 0.0979.